The van der Waals surface area contributed by atoms with Crippen LogP contribution in [0.3, 0.4) is 0 Å². The molecule has 1 saturated carbocycles. The van der Waals surface area contributed by atoms with Gasteiger partial charge in [0, 0.05) is 19.2 Å². The molecule has 0 radical (unpaired) electrons. The van der Waals surface area contributed by atoms with E-state index in [4.69, 9.17) is 4.74 Å². The van der Waals surface area contributed by atoms with Crippen LogP contribution in [-0.4, -0.2) is 31.1 Å². The molecule has 0 bridgehead atoms. The Bertz CT molecular complexity index is 441. The first-order chi connectivity index (χ1) is 9.81. The molecular formula is C15H24N4O. The molecule has 0 unspecified atom stereocenters. The van der Waals surface area contributed by atoms with E-state index >= 15 is 0 Å². The monoisotopic (exact) mass is 276 g/mol. The predicted octanol–water partition coefficient (Wildman–Crippen LogP) is 2.09. The van der Waals surface area contributed by atoms with Gasteiger partial charge in [-0.15, -0.1) is 0 Å². The molecule has 1 fully saturated rings. The van der Waals surface area contributed by atoms with E-state index in [1.165, 1.54) is 32.1 Å². The Morgan fingerprint density at radius 1 is 1.35 bits per heavy atom. The summed E-state index contributed by atoms with van der Waals surface area (Å²) in [4.78, 5) is 8.65. The number of methoxy groups -OCH3 is 1. The summed E-state index contributed by atoms with van der Waals surface area (Å²) < 4.78 is 5.12. The molecule has 0 atom stereocenters. The minimum atomic E-state index is 0.549. The predicted molar refractivity (Wildman–Crippen MR) is 81.0 cm³/mol. The normalized spacial score (nSPS) is 16.8. The lowest BCUT2D eigenvalue weighted by Crippen LogP contribution is -2.43. The van der Waals surface area contributed by atoms with Gasteiger partial charge in [0.05, 0.1) is 19.3 Å². The van der Waals surface area contributed by atoms with E-state index in [0.29, 0.717) is 18.5 Å². The van der Waals surface area contributed by atoms with Crippen LogP contribution in [0, 0.1) is 0 Å². The Kier molecular flexibility index (Phi) is 5.65. The number of nitrogens with one attached hydrogen (secondary N) is 2. The Hall–Kier alpha value is -1.78. The second kappa shape index (κ2) is 7.72. The highest BCUT2D eigenvalue weighted by molar-refractivity contribution is 5.79. The van der Waals surface area contributed by atoms with E-state index in [1.807, 2.05) is 18.2 Å². The lowest BCUT2D eigenvalue weighted by atomic mass is 9.96. The maximum atomic E-state index is 5.12. The first-order valence-electron chi connectivity index (χ1n) is 7.29. The van der Waals surface area contributed by atoms with Crippen molar-refractivity contribution in [3.63, 3.8) is 0 Å². The maximum absolute atomic E-state index is 5.12. The van der Waals surface area contributed by atoms with Crippen LogP contribution in [-0.2, 0) is 6.54 Å². The molecule has 0 aromatic carbocycles. The van der Waals surface area contributed by atoms with E-state index in [9.17, 15) is 0 Å². The molecule has 2 rings (SSSR count). The van der Waals surface area contributed by atoms with Crippen LogP contribution in [0.15, 0.2) is 23.2 Å². The minimum Gasteiger partial charge on any atom is -0.481 e. The van der Waals surface area contributed by atoms with Gasteiger partial charge in [-0.3, -0.25) is 4.99 Å². The zero-order valence-electron chi connectivity index (χ0n) is 12.4. The van der Waals surface area contributed by atoms with Crippen LogP contribution in [0.25, 0.3) is 0 Å². The molecule has 5 heteroatoms. The Labute approximate surface area is 120 Å². The fraction of sp³-hybridized carbons (Fsp3) is 0.600. The number of pyridine rings is 1. The molecule has 1 aromatic heterocycles. The number of rotatable bonds is 4. The minimum absolute atomic E-state index is 0.549. The van der Waals surface area contributed by atoms with Gasteiger partial charge in [0.1, 0.15) is 0 Å². The van der Waals surface area contributed by atoms with Crippen molar-refractivity contribution in [2.45, 2.75) is 44.7 Å². The number of ether oxygens (including phenoxy) is 1. The maximum Gasteiger partial charge on any atom is 0.213 e. The summed E-state index contributed by atoms with van der Waals surface area (Å²) in [5.41, 5.74) is 0.941. The number of hydrogen-bond acceptors (Lipinski definition) is 3. The van der Waals surface area contributed by atoms with Crippen LogP contribution in [0.4, 0.5) is 0 Å². The lowest BCUT2D eigenvalue weighted by molar-refractivity contribution is 0.395. The summed E-state index contributed by atoms with van der Waals surface area (Å²) in [6.45, 7) is 0.642. The zero-order chi connectivity index (χ0) is 14.2. The fourth-order valence-electron chi connectivity index (χ4n) is 2.48. The molecule has 1 aromatic rings. The molecule has 0 amide bonds. The third kappa shape index (κ3) is 4.40. The molecular weight excluding hydrogens is 252 g/mol. The van der Waals surface area contributed by atoms with Crippen LogP contribution in [0.5, 0.6) is 5.88 Å². The van der Waals surface area contributed by atoms with Gasteiger partial charge in [0.2, 0.25) is 5.88 Å². The van der Waals surface area contributed by atoms with Crippen molar-refractivity contribution in [3.8, 4) is 5.88 Å². The van der Waals surface area contributed by atoms with E-state index in [1.54, 1.807) is 14.2 Å². The van der Waals surface area contributed by atoms with Crippen molar-refractivity contribution in [2.75, 3.05) is 14.2 Å². The lowest BCUT2D eigenvalue weighted by Gasteiger charge is -2.24. The second-order valence-corrected chi connectivity index (χ2v) is 5.08. The van der Waals surface area contributed by atoms with Gasteiger partial charge < -0.3 is 15.4 Å². The molecule has 110 valence electrons. The molecule has 2 N–H and O–H groups in total. The van der Waals surface area contributed by atoms with Crippen molar-refractivity contribution < 1.29 is 4.74 Å². The average molecular weight is 276 g/mol. The summed E-state index contributed by atoms with van der Waals surface area (Å²) in [5.74, 6) is 1.49. The van der Waals surface area contributed by atoms with Gasteiger partial charge in [0.15, 0.2) is 5.96 Å². The number of aliphatic imine (C=N–C) groups is 1. The molecule has 1 aliphatic rings. The highest BCUT2D eigenvalue weighted by Crippen LogP contribution is 2.17. The number of aromatic nitrogens is 1. The standard InChI is InChI=1S/C15H24N4O/c1-16-15(19-12-7-4-3-5-8-12)17-11-13-9-6-10-14(18-13)20-2/h6,9-10,12H,3-5,7-8,11H2,1-2H3,(H2,16,17,19). The van der Waals surface area contributed by atoms with E-state index in [-0.39, 0.29) is 0 Å². The van der Waals surface area contributed by atoms with Crippen LogP contribution in [0.1, 0.15) is 37.8 Å². The highest BCUT2D eigenvalue weighted by Gasteiger charge is 2.14. The molecule has 0 spiro atoms. The smallest absolute Gasteiger partial charge is 0.213 e. The van der Waals surface area contributed by atoms with Crippen molar-refractivity contribution in [3.05, 3.63) is 23.9 Å². The summed E-state index contributed by atoms with van der Waals surface area (Å²) in [6, 6.07) is 6.32. The van der Waals surface area contributed by atoms with Gasteiger partial charge in [-0.05, 0) is 18.9 Å². The summed E-state index contributed by atoms with van der Waals surface area (Å²) in [6.07, 6.45) is 6.45. The number of nitrogens with zero attached hydrogens (tertiary/aromatic N) is 2. The quantitative estimate of drug-likeness (QED) is 0.653. The van der Waals surface area contributed by atoms with Crippen LogP contribution >= 0.6 is 0 Å². The molecule has 20 heavy (non-hydrogen) atoms. The SMILES string of the molecule is CN=C(NCc1cccc(OC)n1)NC1CCCCC1. The van der Waals surface area contributed by atoms with Crippen molar-refractivity contribution in [1.29, 1.82) is 0 Å². The van der Waals surface area contributed by atoms with Gasteiger partial charge >= 0.3 is 0 Å². The fourth-order valence-corrected chi connectivity index (χ4v) is 2.48. The van der Waals surface area contributed by atoms with Crippen LogP contribution < -0.4 is 15.4 Å². The second-order valence-electron chi connectivity index (χ2n) is 5.08. The Balaban J connectivity index is 1.83. The third-order valence-corrected chi connectivity index (χ3v) is 3.60. The Morgan fingerprint density at radius 3 is 2.85 bits per heavy atom. The van der Waals surface area contributed by atoms with Crippen molar-refractivity contribution in [1.82, 2.24) is 15.6 Å². The largest absolute Gasteiger partial charge is 0.481 e. The molecule has 5 nitrogen and oxygen atoms in total. The first kappa shape index (κ1) is 14.6. The summed E-state index contributed by atoms with van der Waals surface area (Å²) in [7, 11) is 3.43. The van der Waals surface area contributed by atoms with Crippen molar-refractivity contribution >= 4 is 5.96 Å². The van der Waals surface area contributed by atoms with Gasteiger partial charge in [0.25, 0.3) is 0 Å². The van der Waals surface area contributed by atoms with Crippen molar-refractivity contribution in [2.24, 2.45) is 4.99 Å². The zero-order valence-corrected chi connectivity index (χ0v) is 12.4. The molecule has 0 aliphatic heterocycles. The molecule has 0 saturated heterocycles. The van der Waals surface area contributed by atoms with E-state index in [2.05, 4.69) is 20.6 Å². The van der Waals surface area contributed by atoms with Gasteiger partial charge in [-0.25, -0.2) is 4.98 Å². The van der Waals surface area contributed by atoms with Crippen LogP contribution in [0.2, 0.25) is 0 Å². The summed E-state index contributed by atoms with van der Waals surface area (Å²) in [5, 5.41) is 6.79. The van der Waals surface area contributed by atoms with E-state index in [0.717, 1.165) is 11.7 Å². The Morgan fingerprint density at radius 2 is 2.15 bits per heavy atom. The average Bonchev–Trinajstić information content (AvgIpc) is 2.52. The molecule has 1 heterocycles. The number of hydrogen-bond donors (Lipinski definition) is 2. The topological polar surface area (TPSA) is 58.5 Å². The highest BCUT2D eigenvalue weighted by atomic mass is 16.5. The molecule has 1 aliphatic carbocycles. The number of guanidine groups is 1. The first-order valence-corrected chi connectivity index (χ1v) is 7.29. The third-order valence-electron chi connectivity index (χ3n) is 3.60. The summed E-state index contributed by atoms with van der Waals surface area (Å²) >= 11 is 0. The van der Waals surface area contributed by atoms with Gasteiger partial charge in [-0.1, -0.05) is 25.3 Å². The van der Waals surface area contributed by atoms with Gasteiger partial charge in [-0.2, -0.15) is 0 Å². The van der Waals surface area contributed by atoms with E-state index < -0.39 is 0 Å².